The number of pyridine rings is 1. The molecule has 1 aromatic carbocycles. The van der Waals surface area contributed by atoms with Gasteiger partial charge in [-0.1, -0.05) is 11.6 Å². The number of halogens is 1. The summed E-state index contributed by atoms with van der Waals surface area (Å²) in [5.74, 6) is 0.198. The maximum atomic E-state index is 12.7. The third-order valence-corrected chi connectivity index (χ3v) is 5.44. The van der Waals surface area contributed by atoms with Crippen LogP contribution in [0, 0.1) is 0 Å². The van der Waals surface area contributed by atoms with Gasteiger partial charge in [0, 0.05) is 54.2 Å². The standard InChI is InChI=1S/C18H20ClN3OS/c1-14(24-17-4-2-15(19)3-5-17)18(23)22-12-10-21(11-13-22)16-6-8-20-9-7-16/h2-9,14H,10-13H2,1H3. The van der Waals surface area contributed by atoms with Crippen LogP contribution in [0.15, 0.2) is 53.7 Å². The number of benzene rings is 1. The van der Waals surface area contributed by atoms with E-state index >= 15 is 0 Å². The average molecular weight is 362 g/mol. The molecular formula is C18H20ClN3OS. The van der Waals surface area contributed by atoms with Crippen molar-refractivity contribution in [1.82, 2.24) is 9.88 Å². The molecule has 0 aliphatic carbocycles. The Kier molecular flexibility index (Phi) is 5.63. The van der Waals surface area contributed by atoms with Gasteiger partial charge in [-0.2, -0.15) is 0 Å². The Morgan fingerprint density at radius 3 is 2.33 bits per heavy atom. The van der Waals surface area contributed by atoms with E-state index in [-0.39, 0.29) is 11.2 Å². The highest BCUT2D eigenvalue weighted by atomic mass is 35.5. The minimum absolute atomic E-state index is 0.0985. The molecule has 3 rings (SSSR count). The predicted octanol–water partition coefficient (Wildman–Crippen LogP) is 3.56. The second-order valence-electron chi connectivity index (χ2n) is 5.73. The maximum absolute atomic E-state index is 12.7. The number of aromatic nitrogens is 1. The van der Waals surface area contributed by atoms with Crippen molar-refractivity contribution in [3.63, 3.8) is 0 Å². The van der Waals surface area contributed by atoms with Gasteiger partial charge in [0.15, 0.2) is 0 Å². The van der Waals surface area contributed by atoms with E-state index in [9.17, 15) is 4.79 Å². The van der Waals surface area contributed by atoms with Crippen molar-refractivity contribution < 1.29 is 4.79 Å². The van der Waals surface area contributed by atoms with E-state index in [1.165, 1.54) is 5.69 Å². The number of amides is 1. The third-order valence-electron chi connectivity index (χ3n) is 4.09. The minimum atomic E-state index is -0.0985. The number of thioether (sulfide) groups is 1. The third kappa shape index (κ3) is 4.22. The molecule has 0 saturated carbocycles. The van der Waals surface area contributed by atoms with Crippen LogP contribution in [0.4, 0.5) is 5.69 Å². The number of rotatable bonds is 4. The lowest BCUT2D eigenvalue weighted by Crippen LogP contribution is -2.50. The largest absolute Gasteiger partial charge is 0.368 e. The number of carbonyl (C=O) groups excluding carboxylic acids is 1. The molecule has 1 atom stereocenters. The van der Waals surface area contributed by atoms with Crippen molar-refractivity contribution in [1.29, 1.82) is 0 Å². The van der Waals surface area contributed by atoms with E-state index < -0.39 is 0 Å². The van der Waals surface area contributed by atoms with E-state index in [2.05, 4.69) is 9.88 Å². The highest BCUT2D eigenvalue weighted by molar-refractivity contribution is 8.00. The number of carbonyl (C=O) groups is 1. The van der Waals surface area contributed by atoms with Crippen LogP contribution in [-0.2, 0) is 4.79 Å². The van der Waals surface area contributed by atoms with Gasteiger partial charge in [-0.25, -0.2) is 0 Å². The molecule has 1 saturated heterocycles. The zero-order valence-electron chi connectivity index (χ0n) is 13.6. The number of hydrogen-bond donors (Lipinski definition) is 0. The number of nitrogens with zero attached hydrogens (tertiary/aromatic N) is 3. The van der Waals surface area contributed by atoms with Crippen molar-refractivity contribution in [2.24, 2.45) is 0 Å². The van der Waals surface area contributed by atoms with Gasteiger partial charge in [-0.05, 0) is 43.3 Å². The molecule has 0 bridgehead atoms. The second-order valence-corrected chi connectivity index (χ2v) is 7.58. The topological polar surface area (TPSA) is 36.4 Å². The van der Waals surface area contributed by atoms with Crippen LogP contribution >= 0.6 is 23.4 Å². The smallest absolute Gasteiger partial charge is 0.235 e. The Morgan fingerprint density at radius 2 is 1.71 bits per heavy atom. The van der Waals surface area contributed by atoms with Crippen LogP contribution in [0.5, 0.6) is 0 Å². The molecule has 1 amide bonds. The molecule has 0 N–H and O–H groups in total. The molecule has 1 fully saturated rings. The molecule has 2 heterocycles. The van der Waals surface area contributed by atoms with Crippen LogP contribution in [0.1, 0.15) is 6.92 Å². The Balaban J connectivity index is 1.53. The van der Waals surface area contributed by atoms with E-state index in [0.29, 0.717) is 5.02 Å². The molecule has 1 aliphatic heterocycles. The molecule has 0 spiro atoms. The molecular weight excluding hydrogens is 342 g/mol. The molecule has 1 aliphatic rings. The SMILES string of the molecule is CC(Sc1ccc(Cl)cc1)C(=O)N1CCN(c2ccncc2)CC1. The minimum Gasteiger partial charge on any atom is -0.368 e. The van der Waals surface area contributed by atoms with E-state index in [1.54, 1.807) is 24.2 Å². The van der Waals surface area contributed by atoms with E-state index in [1.807, 2.05) is 48.2 Å². The zero-order valence-corrected chi connectivity index (χ0v) is 15.1. The van der Waals surface area contributed by atoms with Crippen molar-refractivity contribution in [2.75, 3.05) is 31.1 Å². The normalized spacial score (nSPS) is 16.1. The Morgan fingerprint density at radius 1 is 1.08 bits per heavy atom. The molecule has 0 radical (unpaired) electrons. The summed E-state index contributed by atoms with van der Waals surface area (Å²) in [6, 6.07) is 11.6. The molecule has 2 aromatic rings. The molecule has 1 unspecified atom stereocenters. The summed E-state index contributed by atoms with van der Waals surface area (Å²) in [6.07, 6.45) is 3.61. The maximum Gasteiger partial charge on any atom is 0.235 e. The summed E-state index contributed by atoms with van der Waals surface area (Å²) in [6.45, 7) is 5.19. The van der Waals surface area contributed by atoms with Gasteiger partial charge in [0.1, 0.15) is 0 Å². The van der Waals surface area contributed by atoms with Crippen LogP contribution in [-0.4, -0.2) is 47.2 Å². The number of anilines is 1. The quantitative estimate of drug-likeness (QED) is 0.780. The summed E-state index contributed by atoms with van der Waals surface area (Å²) < 4.78 is 0. The van der Waals surface area contributed by atoms with Crippen molar-refractivity contribution in [3.05, 3.63) is 53.8 Å². The average Bonchev–Trinajstić information content (AvgIpc) is 2.64. The number of hydrogen-bond acceptors (Lipinski definition) is 4. The summed E-state index contributed by atoms with van der Waals surface area (Å²) in [7, 11) is 0. The second kappa shape index (κ2) is 7.90. The first-order valence-electron chi connectivity index (χ1n) is 7.99. The first kappa shape index (κ1) is 17.1. The molecule has 24 heavy (non-hydrogen) atoms. The van der Waals surface area contributed by atoms with E-state index in [4.69, 9.17) is 11.6 Å². The zero-order chi connectivity index (χ0) is 16.9. The van der Waals surface area contributed by atoms with Gasteiger partial charge in [0.2, 0.25) is 5.91 Å². The molecule has 1 aromatic heterocycles. The summed E-state index contributed by atoms with van der Waals surface area (Å²) >= 11 is 7.48. The lowest BCUT2D eigenvalue weighted by atomic mass is 10.2. The molecule has 4 nitrogen and oxygen atoms in total. The lowest BCUT2D eigenvalue weighted by Gasteiger charge is -2.37. The predicted molar refractivity (Wildman–Crippen MR) is 99.8 cm³/mol. The fraction of sp³-hybridized carbons (Fsp3) is 0.333. The Labute approximate surface area is 151 Å². The first-order chi connectivity index (χ1) is 11.6. The fourth-order valence-electron chi connectivity index (χ4n) is 2.76. The van der Waals surface area contributed by atoms with Gasteiger partial charge >= 0.3 is 0 Å². The fourth-order valence-corrected chi connectivity index (χ4v) is 3.84. The van der Waals surface area contributed by atoms with Gasteiger partial charge in [0.25, 0.3) is 0 Å². The van der Waals surface area contributed by atoms with Gasteiger partial charge < -0.3 is 9.80 Å². The molecule has 126 valence electrons. The highest BCUT2D eigenvalue weighted by Gasteiger charge is 2.25. The number of piperazine rings is 1. The van der Waals surface area contributed by atoms with Crippen LogP contribution in [0.3, 0.4) is 0 Å². The molecule has 6 heteroatoms. The summed E-state index contributed by atoms with van der Waals surface area (Å²) in [5.41, 5.74) is 1.17. The Hall–Kier alpha value is -1.72. The monoisotopic (exact) mass is 361 g/mol. The van der Waals surface area contributed by atoms with E-state index in [0.717, 1.165) is 31.1 Å². The van der Waals surface area contributed by atoms with Crippen molar-refractivity contribution >= 4 is 35.0 Å². The van der Waals surface area contributed by atoms with Gasteiger partial charge in [-0.3, -0.25) is 9.78 Å². The van der Waals surface area contributed by atoms with Gasteiger partial charge in [-0.15, -0.1) is 11.8 Å². The Bertz CT molecular complexity index is 672. The lowest BCUT2D eigenvalue weighted by molar-refractivity contribution is -0.130. The van der Waals surface area contributed by atoms with Crippen LogP contribution in [0.25, 0.3) is 0 Å². The summed E-state index contributed by atoms with van der Waals surface area (Å²) in [5, 5.41) is 0.615. The van der Waals surface area contributed by atoms with Crippen molar-refractivity contribution in [2.45, 2.75) is 17.1 Å². The van der Waals surface area contributed by atoms with Crippen molar-refractivity contribution in [3.8, 4) is 0 Å². The summed E-state index contributed by atoms with van der Waals surface area (Å²) in [4.78, 5) is 22.0. The van der Waals surface area contributed by atoms with Crippen LogP contribution < -0.4 is 4.90 Å². The highest BCUT2D eigenvalue weighted by Crippen LogP contribution is 2.26. The van der Waals surface area contributed by atoms with Gasteiger partial charge in [0.05, 0.1) is 5.25 Å². The van der Waals surface area contributed by atoms with Crippen LogP contribution in [0.2, 0.25) is 5.02 Å². The first-order valence-corrected chi connectivity index (χ1v) is 9.25.